The van der Waals surface area contributed by atoms with Gasteiger partial charge in [-0.05, 0) is 51.3 Å². The highest BCUT2D eigenvalue weighted by Crippen LogP contribution is 2.41. The lowest BCUT2D eigenvalue weighted by atomic mass is 9.80. The third-order valence-electron chi connectivity index (χ3n) is 4.09. The average molecular weight is 351 g/mol. The van der Waals surface area contributed by atoms with E-state index < -0.39 is 29.2 Å². The number of carbonyl (C=O) groups is 1. The smallest absolute Gasteiger partial charge is 0.410 e. The first-order chi connectivity index (χ1) is 11.7. The fourth-order valence-electron chi connectivity index (χ4n) is 3.13. The van der Waals surface area contributed by atoms with E-state index in [1.807, 2.05) is 0 Å². The van der Waals surface area contributed by atoms with Crippen LogP contribution >= 0.6 is 0 Å². The van der Waals surface area contributed by atoms with Crippen molar-refractivity contribution in [2.24, 2.45) is 0 Å². The summed E-state index contributed by atoms with van der Waals surface area (Å²) in [6.45, 7) is 5.54. The number of benzene rings is 1. The summed E-state index contributed by atoms with van der Waals surface area (Å²) in [4.78, 5) is 14.1. The third-order valence-corrected chi connectivity index (χ3v) is 4.09. The molecule has 0 aliphatic carbocycles. The van der Waals surface area contributed by atoms with E-state index in [9.17, 15) is 14.3 Å². The quantitative estimate of drug-likeness (QED) is 0.821. The Kier molecular flexibility index (Phi) is 5.85. The molecule has 1 heterocycles. The van der Waals surface area contributed by atoms with Crippen LogP contribution in [0.15, 0.2) is 36.4 Å². The number of ether oxygens (including phenoxy) is 1. The van der Waals surface area contributed by atoms with Gasteiger partial charge in [-0.25, -0.2) is 9.18 Å². The van der Waals surface area contributed by atoms with Crippen LogP contribution in [0, 0.1) is 5.82 Å². The molecule has 5 nitrogen and oxygen atoms in total. The Balaban J connectivity index is 2.43. The number of aliphatic hydroxyl groups excluding tert-OH is 1. The van der Waals surface area contributed by atoms with Gasteiger partial charge in [-0.1, -0.05) is 24.3 Å². The summed E-state index contributed by atoms with van der Waals surface area (Å²) >= 11 is 0. The average Bonchev–Trinajstić information content (AvgIpc) is 2.52. The Morgan fingerprint density at radius 3 is 2.60 bits per heavy atom. The van der Waals surface area contributed by atoms with E-state index in [-0.39, 0.29) is 6.61 Å². The number of hydrogen-bond donors (Lipinski definition) is 2. The molecule has 0 unspecified atom stereocenters. The van der Waals surface area contributed by atoms with E-state index in [0.717, 1.165) is 0 Å². The maximum Gasteiger partial charge on any atom is 0.410 e. The molecule has 2 N–H and O–H groups in total. The number of aliphatic hydroxyl groups is 2. The predicted molar refractivity (Wildman–Crippen MR) is 92.5 cm³/mol. The van der Waals surface area contributed by atoms with Crippen LogP contribution in [0.1, 0.15) is 45.2 Å². The monoisotopic (exact) mass is 351 g/mol. The maximum atomic E-state index is 13.3. The number of hydrogen-bond acceptors (Lipinski definition) is 4. The summed E-state index contributed by atoms with van der Waals surface area (Å²) in [5.41, 5.74) is -1.42. The van der Waals surface area contributed by atoms with E-state index in [1.165, 1.54) is 29.2 Å². The fraction of sp³-hybridized carbons (Fsp3) is 0.526. The van der Waals surface area contributed by atoms with Crippen molar-refractivity contribution in [1.82, 2.24) is 4.90 Å². The summed E-state index contributed by atoms with van der Waals surface area (Å²) in [6, 6.07) is 4.99. The minimum Gasteiger partial charge on any atom is -0.444 e. The second-order valence-electron chi connectivity index (χ2n) is 7.31. The van der Waals surface area contributed by atoms with Crippen molar-refractivity contribution in [3.8, 4) is 0 Å². The van der Waals surface area contributed by atoms with E-state index >= 15 is 0 Å². The molecule has 1 amide bonds. The van der Waals surface area contributed by atoms with Crippen molar-refractivity contribution in [1.29, 1.82) is 0 Å². The van der Waals surface area contributed by atoms with Crippen LogP contribution in [0.2, 0.25) is 0 Å². The minimum absolute atomic E-state index is 0.217. The second kappa shape index (κ2) is 7.54. The summed E-state index contributed by atoms with van der Waals surface area (Å²) in [5.74, 6) is -0.391. The van der Waals surface area contributed by atoms with Crippen molar-refractivity contribution in [2.45, 2.75) is 50.9 Å². The van der Waals surface area contributed by atoms with Gasteiger partial charge in [-0.3, -0.25) is 4.90 Å². The van der Waals surface area contributed by atoms with Gasteiger partial charge in [0.2, 0.25) is 0 Å². The Labute approximate surface area is 147 Å². The van der Waals surface area contributed by atoms with E-state index in [4.69, 9.17) is 9.84 Å². The van der Waals surface area contributed by atoms with Gasteiger partial charge in [0.05, 0.1) is 12.6 Å². The molecule has 0 bridgehead atoms. The van der Waals surface area contributed by atoms with Gasteiger partial charge in [-0.2, -0.15) is 0 Å². The molecular formula is C19H26FNO4. The van der Waals surface area contributed by atoms with Gasteiger partial charge in [-0.15, -0.1) is 0 Å². The molecule has 25 heavy (non-hydrogen) atoms. The normalized spacial score (nSPS) is 24.6. The zero-order chi connectivity index (χ0) is 18.7. The number of nitrogens with zero attached hydrogens (tertiary/aromatic N) is 1. The SMILES string of the molecule is CC(C)(C)OC(=O)N1CCC[C@@](O)(/C=C\CO)[C@@H]1c1ccc(F)cc1. The number of halogens is 1. The van der Waals surface area contributed by atoms with Gasteiger partial charge in [0.25, 0.3) is 0 Å². The largest absolute Gasteiger partial charge is 0.444 e. The van der Waals surface area contributed by atoms with E-state index in [0.29, 0.717) is 24.9 Å². The van der Waals surface area contributed by atoms with Crippen LogP contribution in [-0.4, -0.2) is 45.6 Å². The highest BCUT2D eigenvalue weighted by atomic mass is 19.1. The Morgan fingerprint density at radius 1 is 1.40 bits per heavy atom. The van der Waals surface area contributed by atoms with Crippen molar-refractivity contribution in [2.75, 3.05) is 13.2 Å². The van der Waals surface area contributed by atoms with Gasteiger partial charge in [0, 0.05) is 6.54 Å². The Morgan fingerprint density at radius 2 is 2.04 bits per heavy atom. The van der Waals surface area contributed by atoms with Crippen LogP contribution in [0.4, 0.5) is 9.18 Å². The fourth-order valence-corrected chi connectivity index (χ4v) is 3.13. The predicted octanol–water partition coefficient (Wildman–Crippen LogP) is 3.18. The van der Waals surface area contributed by atoms with Crippen molar-refractivity contribution in [3.63, 3.8) is 0 Å². The summed E-state index contributed by atoms with van der Waals surface area (Å²) < 4.78 is 18.8. The number of rotatable bonds is 3. The molecule has 1 aromatic carbocycles. The molecule has 6 heteroatoms. The van der Waals surface area contributed by atoms with Crippen LogP contribution in [0.3, 0.4) is 0 Å². The summed E-state index contributed by atoms with van der Waals surface area (Å²) in [7, 11) is 0. The van der Waals surface area contributed by atoms with Crippen LogP contribution < -0.4 is 0 Å². The van der Waals surface area contributed by atoms with Gasteiger partial charge in [0.1, 0.15) is 17.0 Å². The molecule has 1 saturated heterocycles. The first-order valence-corrected chi connectivity index (χ1v) is 8.42. The molecular weight excluding hydrogens is 325 g/mol. The molecule has 2 atom stereocenters. The first kappa shape index (κ1) is 19.4. The highest BCUT2D eigenvalue weighted by molar-refractivity contribution is 5.69. The molecule has 0 saturated carbocycles. The molecule has 0 radical (unpaired) electrons. The van der Waals surface area contributed by atoms with Gasteiger partial charge in [0.15, 0.2) is 0 Å². The Bertz CT molecular complexity index is 623. The topological polar surface area (TPSA) is 70.0 Å². The van der Waals surface area contributed by atoms with Crippen molar-refractivity contribution >= 4 is 6.09 Å². The van der Waals surface area contributed by atoms with Crippen LogP contribution in [-0.2, 0) is 4.74 Å². The summed E-state index contributed by atoms with van der Waals surface area (Å²) in [6.07, 6.45) is 3.44. The molecule has 1 aromatic rings. The van der Waals surface area contributed by atoms with Crippen molar-refractivity contribution < 1.29 is 24.1 Å². The lowest BCUT2D eigenvalue weighted by Crippen LogP contribution is -2.53. The maximum absolute atomic E-state index is 13.3. The second-order valence-corrected chi connectivity index (χ2v) is 7.31. The zero-order valence-electron chi connectivity index (χ0n) is 14.9. The molecule has 1 aliphatic rings. The number of amides is 1. The first-order valence-electron chi connectivity index (χ1n) is 8.42. The van der Waals surface area contributed by atoms with Crippen molar-refractivity contribution in [3.05, 3.63) is 47.8 Å². The lowest BCUT2D eigenvalue weighted by Gasteiger charge is -2.46. The molecule has 1 fully saturated rings. The molecule has 2 rings (SSSR count). The molecule has 0 spiro atoms. The van der Waals surface area contributed by atoms with E-state index in [1.54, 1.807) is 32.9 Å². The summed E-state index contributed by atoms with van der Waals surface area (Å²) in [5, 5.41) is 20.2. The van der Waals surface area contributed by atoms with E-state index in [2.05, 4.69) is 0 Å². The molecule has 0 aromatic heterocycles. The zero-order valence-corrected chi connectivity index (χ0v) is 14.9. The molecule has 1 aliphatic heterocycles. The number of piperidine rings is 1. The molecule has 138 valence electrons. The minimum atomic E-state index is -1.37. The highest BCUT2D eigenvalue weighted by Gasteiger charge is 2.45. The lowest BCUT2D eigenvalue weighted by molar-refractivity contribution is -0.0586. The van der Waals surface area contributed by atoms with Crippen LogP contribution in [0.5, 0.6) is 0 Å². The standard InChI is InChI=1S/C19H26FNO4/c1-18(2,3)25-17(23)21-12-4-10-19(24,11-5-13-22)16(21)14-6-8-15(20)9-7-14/h5-9,11,16,22,24H,4,10,12-13H2,1-3H3/b11-5-/t16-,19+/m0/s1. The number of carbonyl (C=O) groups excluding carboxylic acids is 1. The Hall–Kier alpha value is -1.92. The van der Waals surface area contributed by atoms with Gasteiger partial charge >= 0.3 is 6.09 Å². The number of likely N-dealkylation sites (tertiary alicyclic amines) is 1. The van der Waals surface area contributed by atoms with Crippen LogP contribution in [0.25, 0.3) is 0 Å². The third kappa shape index (κ3) is 4.80. The van der Waals surface area contributed by atoms with Gasteiger partial charge < -0.3 is 14.9 Å².